The fraction of sp³-hybridized carbons (Fsp3) is 0. The first kappa shape index (κ1) is 24.6. The minimum absolute atomic E-state index is 0.540. The number of rotatable bonds is 4. The molecule has 12 heteroatoms. The van der Waals surface area contributed by atoms with Gasteiger partial charge in [-0.15, -0.1) is 45.3 Å². The number of nitrogens with zero attached hydrogens (tertiary/aromatic N) is 6. The highest BCUT2D eigenvalue weighted by molar-refractivity contribution is 7.27. The molecule has 0 aliphatic rings. The number of fused-ring (bicyclic) bond motifs is 5. The van der Waals surface area contributed by atoms with Crippen LogP contribution < -0.4 is 0 Å². The Kier molecular flexibility index (Phi) is 5.19. The lowest BCUT2D eigenvalue weighted by molar-refractivity contribution is 0.621. The largest absolute Gasteiger partial charge is 0.435 e. The number of hydrogen-bond acceptors (Lipinski definition) is 12. The normalized spacial score (nSPS) is 12.1. The summed E-state index contributed by atoms with van der Waals surface area (Å²) in [5, 5.41) is 5.47. The molecule has 10 aromatic rings. The summed E-state index contributed by atoms with van der Waals surface area (Å²) in [6.07, 6.45) is 3.60. The molecule has 0 amide bonds. The number of aromatic nitrogens is 6. The molecule has 0 N–H and O–H groups in total. The SMILES string of the molecule is c1ccc2sc(-c3ncc(-c4nc5cc6cc7oc(-c8cnc(-c9nc%10ccccc%10s9)s8)nc7cc6cc5o4)s3)nc2c1. The van der Waals surface area contributed by atoms with Gasteiger partial charge in [0.1, 0.15) is 20.8 Å². The standard InChI is InChI=1S/C32H14N6O2S4/c1-3-7-23-17(5-1)37-31(41-23)29-33-13-25(43-29)27-35-19-9-15-12-22-20(10-16(15)11-21(19)39-27)36-28(40-22)26-14-34-30(44-26)32-38-18-6-2-4-8-24(18)42-32/h1-14H. The van der Waals surface area contributed by atoms with E-state index in [1.807, 2.05) is 60.7 Å². The van der Waals surface area contributed by atoms with Gasteiger partial charge in [0.15, 0.2) is 31.2 Å². The van der Waals surface area contributed by atoms with Gasteiger partial charge in [0.25, 0.3) is 0 Å². The second-order valence-electron chi connectivity index (χ2n) is 10.1. The number of hydrogen-bond donors (Lipinski definition) is 0. The molecule has 0 fully saturated rings. The Bertz CT molecular complexity index is 2390. The first-order chi connectivity index (χ1) is 21.7. The predicted octanol–water partition coefficient (Wildman–Crippen LogP) is 9.92. The van der Waals surface area contributed by atoms with E-state index in [2.05, 4.69) is 22.1 Å². The summed E-state index contributed by atoms with van der Waals surface area (Å²) in [6, 6.07) is 24.3. The molecule has 0 unspecified atom stereocenters. The van der Waals surface area contributed by atoms with Gasteiger partial charge < -0.3 is 8.83 Å². The molecule has 0 saturated heterocycles. The number of thiazole rings is 4. The summed E-state index contributed by atoms with van der Waals surface area (Å²) >= 11 is 6.32. The Morgan fingerprint density at radius 1 is 0.455 bits per heavy atom. The molecule has 4 aromatic carbocycles. The minimum Gasteiger partial charge on any atom is -0.435 e. The van der Waals surface area contributed by atoms with Gasteiger partial charge in [-0.1, -0.05) is 24.3 Å². The summed E-state index contributed by atoms with van der Waals surface area (Å²) in [7, 11) is 0. The molecule has 0 radical (unpaired) electrons. The zero-order chi connectivity index (χ0) is 28.8. The summed E-state index contributed by atoms with van der Waals surface area (Å²) < 4.78 is 14.7. The molecule has 0 aliphatic heterocycles. The van der Waals surface area contributed by atoms with Gasteiger partial charge in [-0.2, -0.15) is 0 Å². The van der Waals surface area contributed by atoms with E-state index in [1.54, 1.807) is 35.1 Å². The van der Waals surface area contributed by atoms with E-state index in [1.165, 1.54) is 22.7 Å². The summed E-state index contributed by atoms with van der Waals surface area (Å²) in [4.78, 5) is 30.0. The van der Waals surface area contributed by atoms with Crippen LogP contribution in [0.3, 0.4) is 0 Å². The molecular formula is C32H14N6O2S4. The van der Waals surface area contributed by atoms with E-state index in [-0.39, 0.29) is 0 Å². The van der Waals surface area contributed by atoms with Crippen LogP contribution in [0.2, 0.25) is 0 Å². The van der Waals surface area contributed by atoms with E-state index < -0.39 is 0 Å². The third kappa shape index (κ3) is 3.92. The molecule has 10 rings (SSSR count). The lowest BCUT2D eigenvalue weighted by Crippen LogP contribution is -1.76. The fourth-order valence-corrected chi connectivity index (χ4v) is 8.84. The van der Waals surface area contributed by atoms with Gasteiger partial charge >= 0.3 is 0 Å². The van der Waals surface area contributed by atoms with Crippen molar-refractivity contribution in [3.63, 3.8) is 0 Å². The van der Waals surface area contributed by atoms with Crippen LogP contribution in [0.25, 0.3) is 95.0 Å². The van der Waals surface area contributed by atoms with Gasteiger partial charge in [0.05, 0.1) is 32.8 Å². The second-order valence-corrected chi connectivity index (χ2v) is 14.2. The zero-order valence-corrected chi connectivity index (χ0v) is 25.5. The number of benzene rings is 4. The van der Waals surface area contributed by atoms with E-state index in [9.17, 15) is 0 Å². The maximum atomic E-state index is 6.21. The molecule has 6 aromatic heterocycles. The lowest BCUT2D eigenvalue weighted by Gasteiger charge is -1.96. The average Bonchev–Trinajstić information content (AvgIpc) is 3.88. The third-order valence-corrected chi connectivity index (χ3v) is 11.6. The van der Waals surface area contributed by atoms with Gasteiger partial charge in [-0.25, -0.2) is 29.9 Å². The van der Waals surface area contributed by atoms with Gasteiger partial charge in [0, 0.05) is 0 Å². The summed E-state index contributed by atoms with van der Waals surface area (Å²) in [5.74, 6) is 1.08. The highest BCUT2D eigenvalue weighted by atomic mass is 32.1. The Labute approximate surface area is 263 Å². The molecule has 6 heterocycles. The monoisotopic (exact) mass is 642 g/mol. The summed E-state index contributed by atoms with van der Waals surface area (Å²) in [6.45, 7) is 0. The molecule has 0 atom stereocenters. The number of oxazole rings is 2. The Balaban J connectivity index is 0.980. The number of para-hydroxylation sites is 2. The van der Waals surface area contributed by atoms with Gasteiger partial charge in [-0.3, -0.25) is 0 Å². The lowest BCUT2D eigenvalue weighted by atomic mass is 10.1. The molecule has 208 valence electrons. The predicted molar refractivity (Wildman–Crippen MR) is 179 cm³/mol. The fourth-order valence-electron chi connectivity index (χ4n) is 5.18. The van der Waals surface area contributed by atoms with Crippen molar-refractivity contribution in [3.8, 4) is 41.6 Å². The van der Waals surface area contributed by atoms with Crippen LogP contribution in [0, 0.1) is 0 Å². The van der Waals surface area contributed by atoms with Gasteiger partial charge in [0.2, 0.25) is 11.8 Å². The van der Waals surface area contributed by atoms with Gasteiger partial charge in [-0.05, 0) is 59.3 Å². The molecule has 0 bridgehead atoms. The Morgan fingerprint density at radius 3 is 1.41 bits per heavy atom. The van der Waals surface area contributed by atoms with Crippen molar-refractivity contribution in [2.75, 3.05) is 0 Å². The quantitative estimate of drug-likeness (QED) is 0.187. The Hall–Kier alpha value is -4.88. The topological polar surface area (TPSA) is 104 Å². The third-order valence-electron chi connectivity index (χ3n) is 7.24. The van der Waals surface area contributed by atoms with E-state index in [4.69, 9.17) is 28.8 Å². The van der Waals surface area contributed by atoms with Crippen LogP contribution >= 0.6 is 45.3 Å². The second kappa shape index (κ2) is 9.31. The molecule has 8 nitrogen and oxygen atoms in total. The van der Waals surface area contributed by atoms with Crippen LogP contribution in [0.1, 0.15) is 0 Å². The van der Waals surface area contributed by atoms with Crippen LogP contribution in [0.15, 0.2) is 94.0 Å². The molecule has 44 heavy (non-hydrogen) atoms. The van der Waals surface area contributed by atoms with Crippen molar-refractivity contribution in [1.29, 1.82) is 0 Å². The smallest absolute Gasteiger partial charge is 0.239 e. The summed E-state index contributed by atoms with van der Waals surface area (Å²) in [5.41, 5.74) is 4.90. The molecular weight excluding hydrogens is 629 g/mol. The zero-order valence-electron chi connectivity index (χ0n) is 22.2. The minimum atomic E-state index is 0.540. The highest BCUT2D eigenvalue weighted by Gasteiger charge is 2.18. The molecule has 0 aliphatic carbocycles. The maximum Gasteiger partial charge on any atom is 0.239 e. The van der Waals surface area contributed by atoms with Crippen molar-refractivity contribution >= 4 is 98.8 Å². The van der Waals surface area contributed by atoms with Crippen LogP contribution in [-0.2, 0) is 0 Å². The first-order valence-corrected chi connectivity index (χ1v) is 16.8. The Morgan fingerprint density at radius 2 is 0.932 bits per heavy atom. The van der Waals surface area contributed by atoms with Crippen molar-refractivity contribution < 1.29 is 8.83 Å². The molecule has 0 saturated carbocycles. The first-order valence-electron chi connectivity index (χ1n) is 13.5. The average molecular weight is 643 g/mol. The van der Waals surface area contributed by atoms with E-state index in [0.717, 1.165) is 72.0 Å². The highest BCUT2D eigenvalue weighted by Crippen LogP contribution is 2.39. The van der Waals surface area contributed by atoms with E-state index in [0.29, 0.717) is 22.9 Å². The van der Waals surface area contributed by atoms with Crippen LogP contribution in [0.5, 0.6) is 0 Å². The van der Waals surface area contributed by atoms with Crippen molar-refractivity contribution in [3.05, 3.63) is 85.2 Å². The van der Waals surface area contributed by atoms with Crippen LogP contribution in [-0.4, -0.2) is 29.9 Å². The molecule has 0 spiro atoms. The van der Waals surface area contributed by atoms with Crippen molar-refractivity contribution in [1.82, 2.24) is 29.9 Å². The van der Waals surface area contributed by atoms with Crippen molar-refractivity contribution in [2.24, 2.45) is 0 Å². The van der Waals surface area contributed by atoms with Crippen molar-refractivity contribution in [2.45, 2.75) is 0 Å². The van der Waals surface area contributed by atoms with Crippen LogP contribution in [0.4, 0.5) is 0 Å². The maximum absolute atomic E-state index is 6.21. The van der Waals surface area contributed by atoms with E-state index >= 15 is 0 Å².